The van der Waals surface area contributed by atoms with E-state index in [-0.39, 0.29) is 23.1 Å². The Morgan fingerprint density at radius 1 is 1.44 bits per heavy atom. The standard InChI is InChI=1S/C10H12ClNO5S/c1-18(15,16)6-2-5-17-8-3-4-10(12(13)14)9(11)7-8/h3-4,7H,2,5-6H2,1H3. The Morgan fingerprint density at radius 2 is 2.11 bits per heavy atom. The van der Waals surface area contributed by atoms with E-state index in [1.54, 1.807) is 0 Å². The molecule has 0 N–H and O–H groups in total. The highest BCUT2D eigenvalue weighted by atomic mass is 35.5. The van der Waals surface area contributed by atoms with Crippen LogP contribution in [0.15, 0.2) is 18.2 Å². The number of nitro groups is 1. The molecule has 0 saturated heterocycles. The van der Waals surface area contributed by atoms with E-state index in [1.807, 2.05) is 0 Å². The summed E-state index contributed by atoms with van der Waals surface area (Å²) in [7, 11) is -3.00. The summed E-state index contributed by atoms with van der Waals surface area (Å²) in [6.07, 6.45) is 1.50. The minimum atomic E-state index is -3.00. The fourth-order valence-electron chi connectivity index (χ4n) is 1.24. The van der Waals surface area contributed by atoms with Crippen LogP contribution in [-0.4, -0.2) is 32.0 Å². The van der Waals surface area contributed by atoms with Crippen LogP contribution in [0.1, 0.15) is 6.42 Å². The highest BCUT2D eigenvalue weighted by Gasteiger charge is 2.12. The van der Waals surface area contributed by atoms with Crippen LogP contribution in [0.25, 0.3) is 0 Å². The van der Waals surface area contributed by atoms with Crippen molar-refractivity contribution < 1.29 is 18.1 Å². The van der Waals surface area contributed by atoms with Crippen LogP contribution in [0.5, 0.6) is 5.75 Å². The number of benzene rings is 1. The Bertz CT molecular complexity index is 543. The van der Waals surface area contributed by atoms with Gasteiger partial charge in [0, 0.05) is 18.4 Å². The van der Waals surface area contributed by atoms with Crippen LogP contribution in [0, 0.1) is 10.1 Å². The van der Waals surface area contributed by atoms with E-state index in [0.29, 0.717) is 12.2 Å². The molecule has 0 atom stereocenters. The van der Waals surface area contributed by atoms with Crippen LogP contribution < -0.4 is 4.74 Å². The summed E-state index contributed by atoms with van der Waals surface area (Å²) in [5.41, 5.74) is -0.194. The summed E-state index contributed by atoms with van der Waals surface area (Å²) in [5.74, 6) is 0.410. The summed E-state index contributed by atoms with van der Waals surface area (Å²) in [4.78, 5) is 9.93. The molecule has 0 aromatic heterocycles. The zero-order valence-corrected chi connectivity index (χ0v) is 11.2. The van der Waals surface area contributed by atoms with Crippen molar-refractivity contribution in [1.82, 2.24) is 0 Å². The molecule has 0 bridgehead atoms. The summed E-state index contributed by atoms with van der Waals surface area (Å²) in [5, 5.41) is 10.5. The Kier molecular flexibility index (Phi) is 4.92. The first kappa shape index (κ1) is 14.7. The number of halogens is 1. The van der Waals surface area contributed by atoms with Gasteiger partial charge in [0.25, 0.3) is 5.69 Å². The number of hydrogen-bond acceptors (Lipinski definition) is 5. The molecule has 0 spiro atoms. The second-order valence-corrected chi connectivity index (χ2v) is 6.37. The minimum Gasteiger partial charge on any atom is -0.494 e. The first-order valence-corrected chi connectivity index (χ1v) is 7.48. The van der Waals surface area contributed by atoms with E-state index < -0.39 is 14.8 Å². The second kappa shape index (κ2) is 6.01. The van der Waals surface area contributed by atoms with Crippen molar-refractivity contribution in [2.24, 2.45) is 0 Å². The van der Waals surface area contributed by atoms with Crippen molar-refractivity contribution in [2.75, 3.05) is 18.6 Å². The van der Waals surface area contributed by atoms with Gasteiger partial charge in [-0.1, -0.05) is 11.6 Å². The molecule has 0 saturated carbocycles. The molecule has 0 aliphatic carbocycles. The van der Waals surface area contributed by atoms with Crippen LogP contribution >= 0.6 is 11.6 Å². The number of nitrogens with zero attached hydrogens (tertiary/aromatic N) is 1. The van der Waals surface area contributed by atoms with Crippen LogP contribution in [0.3, 0.4) is 0 Å². The molecule has 1 rings (SSSR count). The molecule has 100 valence electrons. The van der Waals surface area contributed by atoms with Gasteiger partial charge in [-0.2, -0.15) is 0 Å². The summed E-state index contributed by atoms with van der Waals surface area (Å²) < 4.78 is 27.0. The number of rotatable bonds is 6. The van der Waals surface area contributed by atoms with Crippen molar-refractivity contribution in [2.45, 2.75) is 6.42 Å². The molecule has 1 aromatic carbocycles. The number of hydrogen-bond donors (Lipinski definition) is 0. The van der Waals surface area contributed by atoms with E-state index in [9.17, 15) is 18.5 Å². The molecule has 1 aromatic rings. The highest BCUT2D eigenvalue weighted by molar-refractivity contribution is 7.90. The average molecular weight is 294 g/mol. The zero-order chi connectivity index (χ0) is 13.8. The van der Waals surface area contributed by atoms with Crippen molar-refractivity contribution in [1.29, 1.82) is 0 Å². The maximum atomic E-state index is 10.9. The predicted molar refractivity (Wildman–Crippen MR) is 67.9 cm³/mol. The quantitative estimate of drug-likeness (QED) is 0.455. The Morgan fingerprint density at radius 3 is 2.61 bits per heavy atom. The molecular formula is C10H12ClNO5S. The van der Waals surface area contributed by atoms with Gasteiger partial charge in [-0.25, -0.2) is 8.42 Å². The number of ether oxygens (including phenoxy) is 1. The van der Waals surface area contributed by atoms with Gasteiger partial charge in [0.15, 0.2) is 0 Å². The number of sulfone groups is 1. The molecule has 18 heavy (non-hydrogen) atoms. The maximum absolute atomic E-state index is 10.9. The first-order valence-electron chi connectivity index (χ1n) is 5.04. The molecule has 8 heteroatoms. The highest BCUT2D eigenvalue weighted by Crippen LogP contribution is 2.28. The monoisotopic (exact) mass is 293 g/mol. The third-order valence-corrected chi connectivity index (χ3v) is 3.38. The molecule has 0 aliphatic heterocycles. The lowest BCUT2D eigenvalue weighted by atomic mass is 10.3. The maximum Gasteiger partial charge on any atom is 0.288 e. The van der Waals surface area contributed by atoms with Gasteiger partial charge in [0.05, 0.1) is 17.3 Å². The molecule has 0 aliphatic rings. The Hall–Kier alpha value is -1.34. The Labute approximate surface area is 110 Å². The van der Waals surface area contributed by atoms with E-state index in [1.165, 1.54) is 18.2 Å². The molecule has 0 unspecified atom stereocenters. The van der Waals surface area contributed by atoms with Crippen molar-refractivity contribution in [3.8, 4) is 5.75 Å². The summed E-state index contributed by atoms with van der Waals surface area (Å²) >= 11 is 5.69. The van der Waals surface area contributed by atoms with Crippen LogP contribution in [0.4, 0.5) is 5.69 Å². The van der Waals surface area contributed by atoms with Gasteiger partial charge in [0.1, 0.15) is 20.6 Å². The van der Waals surface area contributed by atoms with E-state index >= 15 is 0 Å². The van der Waals surface area contributed by atoms with Crippen molar-refractivity contribution in [3.05, 3.63) is 33.3 Å². The summed E-state index contributed by atoms with van der Waals surface area (Å²) in [6.45, 7) is 0.210. The fourth-order valence-corrected chi connectivity index (χ4v) is 2.12. The molecule has 0 fully saturated rings. The third kappa shape index (κ3) is 4.89. The van der Waals surface area contributed by atoms with Gasteiger partial charge < -0.3 is 4.74 Å². The SMILES string of the molecule is CS(=O)(=O)CCCOc1ccc([N+](=O)[O-])c(Cl)c1. The third-order valence-electron chi connectivity index (χ3n) is 2.04. The molecule has 6 nitrogen and oxygen atoms in total. The normalized spacial score (nSPS) is 11.2. The molecular weight excluding hydrogens is 282 g/mol. The van der Waals surface area contributed by atoms with E-state index in [4.69, 9.17) is 16.3 Å². The lowest BCUT2D eigenvalue weighted by molar-refractivity contribution is -0.384. The first-order chi connectivity index (χ1) is 8.29. The largest absolute Gasteiger partial charge is 0.494 e. The molecule has 0 heterocycles. The fraction of sp³-hybridized carbons (Fsp3) is 0.400. The van der Waals surface area contributed by atoms with Crippen molar-refractivity contribution >= 4 is 27.1 Å². The second-order valence-electron chi connectivity index (χ2n) is 3.70. The van der Waals surface area contributed by atoms with E-state index in [2.05, 4.69) is 0 Å². The average Bonchev–Trinajstić information content (AvgIpc) is 2.22. The lowest BCUT2D eigenvalue weighted by Gasteiger charge is -2.06. The zero-order valence-electron chi connectivity index (χ0n) is 9.63. The minimum absolute atomic E-state index is 0.0133. The summed E-state index contributed by atoms with van der Waals surface area (Å²) in [6, 6.07) is 4.00. The van der Waals surface area contributed by atoms with Crippen molar-refractivity contribution in [3.63, 3.8) is 0 Å². The van der Waals surface area contributed by atoms with Crippen LogP contribution in [0.2, 0.25) is 5.02 Å². The smallest absolute Gasteiger partial charge is 0.288 e. The lowest BCUT2D eigenvalue weighted by Crippen LogP contribution is -2.08. The topological polar surface area (TPSA) is 86.5 Å². The van der Waals surface area contributed by atoms with Gasteiger partial charge in [-0.3, -0.25) is 10.1 Å². The number of nitro benzene ring substituents is 1. The predicted octanol–water partition coefficient (Wildman–Crippen LogP) is 2.06. The van der Waals surface area contributed by atoms with Gasteiger partial charge in [-0.05, 0) is 12.5 Å². The van der Waals surface area contributed by atoms with E-state index in [0.717, 1.165) is 6.26 Å². The van der Waals surface area contributed by atoms with Gasteiger partial charge in [0.2, 0.25) is 0 Å². The molecule has 0 amide bonds. The van der Waals surface area contributed by atoms with Gasteiger partial charge >= 0.3 is 0 Å². The van der Waals surface area contributed by atoms with Gasteiger partial charge in [-0.15, -0.1) is 0 Å². The van der Waals surface area contributed by atoms with Crippen LogP contribution in [-0.2, 0) is 9.84 Å². The Balaban J connectivity index is 2.54. The molecule has 0 radical (unpaired) electrons.